The van der Waals surface area contributed by atoms with Crippen molar-refractivity contribution in [3.63, 3.8) is 0 Å². The molecule has 6 heteroatoms. The average molecular weight is 519 g/mol. The van der Waals surface area contributed by atoms with E-state index in [4.69, 9.17) is 0 Å². The highest BCUT2D eigenvalue weighted by Crippen LogP contribution is 2.38. The molecule has 0 radical (unpaired) electrons. The summed E-state index contributed by atoms with van der Waals surface area (Å²) in [5, 5.41) is 0. The van der Waals surface area contributed by atoms with Crippen molar-refractivity contribution in [2.24, 2.45) is 0 Å². The maximum Gasteiger partial charge on any atom is 0.178 e. The minimum atomic E-state index is -3.09. The zero-order valence-corrected chi connectivity index (χ0v) is 18.2. The zero-order chi connectivity index (χ0) is 16.5. The summed E-state index contributed by atoms with van der Waals surface area (Å²) in [6.45, 7) is 0. The summed E-state index contributed by atoms with van der Waals surface area (Å²) in [6, 6.07) is 8.73. The Morgan fingerprint density at radius 1 is 0.773 bits per heavy atom. The summed E-state index contributed by atoms with van der Waals surface area (Å²) in [6.07, 6.45) is 8.70. The summed E-state index contributed by atoms with van der Waals surface area (Å²) in [7, 11) is -3.09. The Labute approximate surface area is 159 Å². The molecule has 0 heterocycles. The van der Waals surface area contributed by atoms with E-state index in [9.17, 15) is 8.42 Å². The second-order valence-electron chi connectivity index (χ2n) is 5.47. The van der Waals surface area contributed by atoms with Crippen molar-refractivity contribution in [1.82, 2.24) is 0 Å². The largest absolute Gasteiger partial charge is 0.224 e. The average Bonchev–Trinajstić information content (AvgIpc) is 2.45. The SMILES string of the molecule is O=S(=O)(CCCCCCCCCC(Br)(Br)Br)c1ccccc1. The van der Waals surface area contributed by atoms with E-state index in [2.05, 4.69) is 47.8 Å². The van der Waals surface area contributed by atoms with Gasteiger partial charge >= 0.3 is 0 Å². The summed E-state index contributed by atoms with van der Waals surface area (Å²) in [5.74, 6) is 0.260. The minimum Gasteiger partial charge on any atom is -0.224 e. The molecule has 0 N–H and O–H groups in total. The number of alkyl halides is 3. The van der Waals surface area contributed by atoms with E-state index >= 15 is 0 Å². The molecule has 0 unspecified atom stereocenters. The molecule has 0 spiro atoms. The lowest BCUT2D eigenvalue weighted by Gasteiger charge is -2.10. The lowest BCUT2D eigenvalue weighted by molar-refractivity contribution is 0.571. The van der Waals surface area contributed by atoms with E-state index in [-0.39, 0.29) is 7.90 Å². The summed E-state index contributed by atoms with van der Waals surface area (Å²) in [4.78, 5) is 0.442. The number of rotatable bonds is 10. The number of hydrogen-bond donors (Lipinski definition) is 0. The van der Waals surface area contributed by atoms with Crippen molar-refractivity contribution in [3.8, 4) is 0 Å². The monoisotopic (exact) mass is 516 g/mol. The van der Waals surface area contributed by atoms with Crippen LogP contribution in [0.2, 0.25) is 0 Å². The number of unbranched alkanes of at least 4 members (excludes halogenated alkanes) is 6. The highest BCUT2D eigenvalue weighted by molar-refractivity contribution is 9.39. The van der Waals surface area contributed by atoms with Gasteiger partial charge in [0.2, 0.25) is 0 Å². The van der Waals surface area contributed by atoms with Gasteiger partial charge in [-0.05, 0) is 25.0 Å². The molecule has 0 aliphatic heterocycles. The first kappa shape index (κ1) is 20.7. The highest BCUT2D eigenvalue weighted by atomic mass is 80.0. The quantitative estimate of drug-likeness (QED) is 0.264. The van der Waals surface area contributed by atoms with E-state index in [1.165, 1.54) is 25.7 Å². The molecule has 0 fully saturated rings. The van der Waals surface area contributed by atoms with E-state index < -0.39 is 9.84 Å². The van der Waals surface area contributed by atoms with Gasteiger partial charge in [0, 0.05) is 0 Å². The van der Waals surface area contributed by atoms with Crippen LogP contribution in [-0.2, 0) is 9.84 Å². The van der Waals surface area contributed by atoms with Crippen LogP contribution >= 0.6 is 47.8 Å². The van der Waals surface area contributed by atoms with Crippen molar-refractivity contribution in [1.29, 1.82) is 0 Å². The number of benzene rings is 1. The smallest absolute Gasteiger partial charge is 0.178 e. The van der Waals surface area contributed by atoms with Gasteiger partial charge in [-0.15, -0.1) is 0 Å². The maximum absolute atomic E-state index is 12.1. The standard InChI is InChI=1S/C16H23Br3O2S/c17-16(18,19)13-9-4-2-1-3-5-10-14-22(20,21)15-11-7-6-8-12-15/h6-8,11-12H,1-5,9-10,13-14H2. The lowest BCUT2D eigenvalue weighted by Crippen LogP contribution is -2.06. The van der Waals surface area contributed by atoms with Crippen molar-refractivity contribution < 1.29 is 8.42 Å². The Bertz CT molecular complexity index is 510. The van der Waals surface area contributed by atoms with Crippen molar-refractivity contribution in [2.45, 2.75) is 58.4 Å². The van der Waals surface area contributed by atoms with Gasteiger partial charge in [-0.2, -0.15) is 0 Å². The van der Waals surface area contributed by atoms with Gasteiger partial charge in [-0.1, -0.05) is 105 Å². The van der Waals surface area contributed by atoms with E-state index in [1.807, 2.05) is 6.07 Å². The number of hydrogen-bond acceptors (Lipinski definition) is 2. The number of sulfone groups is 1. The maximum atomic E-state index is 12.1. The van der Waals surface area contributed by atoms with Crippen LogP contribution in [0, 0.1) is 0 Å². The fourth-order valence-electron chi connectivity index (χ4n) is 2.25. The molecule has 1 aromatic carbocycles. The van der Waals surface area contributed by atoms with Gasteiger partial charge in [0.25, 0.3) is 0 Å². The summed E-state index contributed by atoms with van der Waals surface area (Å²) >= 11 is 10.5. The van der Waals surface area contributed by atoms with E-state index in [1.54, 1.807) is 24.3 Å². The zero-order valence-electron chi connectivity index (χ0n) is 12.6. The van der Waals surface area contributed by atoms with Gasteiger partial charge in [0.15, 0.2) is 9.84 Å². The molecule has 0 saturated carbocycles. The third-order valence-corrected chi connectivity index (χ3v) is 6.48. The van der Waals surface area contributed by atoms with E-state index in [0.717, 1.165) is 25.7 Å². The molecule has 0 atom stereocenters. The first-order valence-corrected chi connectivity index (χ1v) is 11.7. The number of halogens is 3. The minimum absolute atomic E-state index is 0.112. The normalized spacial score (nSPS) is 12.5. The molecule has 1 aromatic rings. The predicted octanol–water partition coefficient (Wildman–Crippen LogP) is 6.42. The van der Waals surface area contributed by atoms with Gasteiger partial charge < -0.3 is 0 Å². The molecule has 0 aliphatic carbocycles. The van der Waals surface area contributed by atoms with Gasteiger partial charge in [0.1, 0.15) is 2.14 Å². The van der Waals surface area contributed by atoms with Crippen molar-refractivity contribution in [2.75, 3.05) is 5.75 Å². The second-order valence-corrected chi connectivity index (χ2v) is 14.8. The van der Waals surface area contributed by atoms with Crippen LogP contribution in [0.3, 0.4) is 0 Å². The predicted molar refractivity (Wildman–Crippen MR) is 105 cm³/mol. The molecule has 1 rings (SSSR count). The first-order valence-electron chi connectivity index (χ1n) is 7.66. The Morgan fingerprint density at radius 3 is 1.82 bits per heavy atom. The van der Waals surface area contributed by atoms with Gasteiger partial charge in [-0.25, -0.2) is 8.42 Å². The highest BCUT2D eigenvalue weighted by Gasteiger charge is 2.16. The molecule has 22 heavy (non-hydrogen) atoms. The fourth-order valence-corrected chi connectivity index (χ4v) is 4.48. The molecule has 0 aliphatic rings. The second kappa shape index (κ2) is 10.5. The van der Waals surface area contributed by atoms with Crippen LogP contribution in [0.4, 0.5) is 0 Å². The Hall–Kier alpha value is 0.610. The molecule has 2 nitrogen and oxygen atoms in total. The van der Waals surface area contributed by atoms with Crippen molar-refractivity contribution >= 4 is 57.6 Å². The topological polar surface area (TPSA) is 34.1 Å². The molecule has 0 bridgehead atoms. The Balaban J connectivity index is 2.06. The van der Waals surface area contributed by atoms with E-state index in [0.29, 0.717) is 4.90 Å². The van der Waals surface area contributed by atoms with Gasteiger partial charge in [-0.3, -0.25) is 0 Å². The van der Waals surface area contributed by atoms with Gasteiger partial charge in [0.05, 0.1) is 10.6 Å². The molecule has 0 saturated heterocycles. The molecule has 0 amide bonds. The van der Waals surface area contributed by atoms with Crippen LogP contribution in [0.1, 0.15) is 51.4 Å². The van der Waals surface area contributed by atoms with Crippen LogP contribution < -0.4 is 0 Å². The third kappa shape index (κ3) is 9.68. The third-order valence-electron chi connectivity index (χ3n) is 3.48. The summed E-state index contributed by atoms with van der Waals surface area (Å²) in [5.41, 5.74) is 0. The molecule has 0 aromatic heterocycles. The summed E-state index contributed by atoms with van der Waals surface area (Å²) < 4.78 is 24.1. The molecular formula is C16H23Br3O2S. The van der Waals surface area contributed by atoms with Crippen LogP contribution in [0.25, 0.3) is 0 Å². The van der Waals surface area contributed by atoms with Crippen LogP contribution in [-0.4, -0.2) is 16.3 Å². The Morgan fingerprint density at radius 2 is 1.27 bits per heavy atom. The Kier molecular flexibility index (Phi) is 9.83. The fraction of sp³-hybridized carbons (Fsp3) is 0.625. The van der Waals surface area contributed by atoms with Crippen molar-refractivity contribution in [3.05, 3.63) is 30.3 Å². The van der Waals surface area contributed by atoms with Crippen LogP contribution in [0.15, 0.2) is 35.2 Å². The first-order chi connectivity index (χ1) is 10.3. The molecular weight excluding hydrogens is 496 g/mol. The lowest BCUT2D eigenvalue weighted by atomic mass is 10.1. The van der Waals surface area contributed by atoms with Crippen LogP contribution in [0.5, 0.6) is 0 Å². The molecule has 126 valence electrons.